The minimum absolute atomic E-state index is 0.0627. The standard InChI is InChI=1S/C56H108O6/c1-5-7-9-11-13-14-15-16-17-18-19-20-23-26-29-32-36-40-44-48-55(58)61-51-53(50-60-54(57)47-43-39-34-12-10-8-6-2)62-56(59)49-45-41-37-33-30-27-24-21-22-25-28-31-35-38-42-46-52(3)4/h52-53H,5-51H2,1-4H3/t53-/m1/s1. The Labute approximate surface area is 387 Å². The summed E-state index contributed by atoms with van der Waals surface area (Å²) < 4.78 is 16.8. The van der Waals surface area contributed by atoms with Gasteiger partial charge in [-0.25, -0.2) is 0 Å². The molecule has 0 bridgehead atoms. The highest BCUT2D eigenvalue weighted by molar-refractivity contribution is 5.71. The fourth-order valence-corrected chi connectivity index (χ4v) is 8.57. The maximum absolute atomic E-state index is 12.8. The van der Waals surface area contributed by atoms with Crippen LogP contribution in [-0.4, -0.2) is 37.2 Å². The van der Waals surface area contributed by atoms with Crippen LogP contribution in [0.1, 0.15) is 317 Å². The van der Waals surface area contributed by atoms with Crippen LogP contribution in [0.4, 0.5) is 0 Å². The molecule has 0 fully saturated rings. The topological polar surface area (TPSA) is 78.9 Å². The summed E-state index contributed by atoms with van der Waals surface area (Å²) >= 11 is 0. The second kappa shape index (κ2) is 50.4. The Kier molecular flexibility index (Phi) is 49.1. The Bertz CT molecular complexity index is 933. The number of hydrogen-bond donors (Lipinski definition) is 0. The number of rotatable bonds is 51. The van der Waals surface area contributed by atoms with Crippen LogP contribution in [0.2, 0.25) is 0 Å². The third-order valence-corrected chi connectivity index (χ3v) is 12.8. The molecular formula is C56H108O6. The van der Waals surface area contributed by atoms with Crippen LogP contribution >= 0.6 is 0 Å². The van der Waals surface area contributed by atoms with Crippen LogP contribution < -0.4 is 0 Å². The number of carbonyl (C=O) groups is 3. The van der Waals surface area contributed by atoms with E-state index in [0.717, 1.165) is 63.7 Å². The van der Waals surface area contributed by atoms with Gasteiger partial charge in [0.05, 0.1) is 0 Å². The van der Waals surface area contributed by atoms with Gasteiger partial charge in [-0.3, -0.25) is 14.4 Å². The van der Waals surface area contributed by atoms with Crippen molar-refractivity contribution in [3.63, 3.8) is 0 Å². The van der Waals surface area contributed by atoms with Crippen molar-refractivity contribution in [2.24, 2.45) is 5.92 Å². The molecular weight excluding hydrogens is 769 g/mol. The first kappa shape index (κ1) is 60.4. The zero-order chi connectivity index (χ0) is 45.2. The van der Waals surface area contributed by atoms with Gasteiger partial charge in [0, 0.05) is 19.3 Å². The number of unbranched alkanes of at least 4 members (excludes halogenated alkanes) is 38. The van der Waals surface area contributed by atoms with Crippen LogP contribution in [0, 0.1) is 5.92 Å². The maximum Gasteiger partial charge on any atom is 0.306 e. The normalized spacial score (nSPS) is 12.0. The average molecular weight is 877 g/mol. The molecule has 368 valence electrons. The first-order chi connectivity index (χ1) is 30.4. The smallest absolute Gasteiger partial charge is 0.306 e. The molecule has 0 aromatic heterocycles. The highest BCUT2D eigenvalue weighted by Gasteiger charge is 2.19. The summed E-state index contributed by atoms with van der Waals surface area (Å²) in [4.78, 5) is 37.9. The van der Waals surface area contributed by atoms with Gasteiger partial charge in [0.25, 0.3) is 0 Å². The van der Waals surface area contributed by atoms with E-state index in [1.165, 1.54) is 212 Å². The van der Waals surface area contributed by atoms with Crippen molar-refractivity contribution in [1.29, 1.82) is 0 Å². The second-order valence-corrected chi connectivity index (χ2v) is 19.7. The molecule has 0 N–H and O–H groups in total. The predicted octanol–water partition coefficient (Wildman–Crippen LogP) is 18.2. The van der Waals surface area contributed by atoms with E-state index in [1.54, 1.807) is 0 Å². The molecule has 0 aromatic rings. The van der Waals surface area contributed by atoms with E-state index in [2.05, 4.69) is 27.7 Å². The van der Waals surface area contributed by atoms with E-state index >= 15 is 0 Å². The largest absolute Gasteiger partial charge is 0.462 e. The summed E-state index contributed by atoms with van der Waals surface area (Å²) in [5, 5.41) is 0. The Morgan fingerprint density at radius 1 is 0.306 bits per heavy atom. The maximum atomic E-state index is 12.8. The molecule has 6 nitrogen and oxygen atoms in total. The molecule has 0 aliphatic rings. The third kappa shape index (κ3) is 49.4. The predicted molar refractivity (Wildman–Crippen MR) is 266 cm³/mol. The monoisotopic (exact) mass is 877 g/mol. The first-order valence-electron chi connectivity index (χ1n) is 27.9. The Morgan fingerprint density at radius 2 is 0.532 bits per heavy atom. The van der Waals surface area contributed by atoms with Crippen LogP contribution in [0.15, 0.2) is 0 Å². The number of ether oxygens (including phenoxy) is 3. The molecule has 0 amide bonds. The average Bonchev–Trinajstić information content (AvgIpc) is 3.26. The molecule has 6 heteroatoms. The molecule has 0 heterocycles. The Balaban J connectivity index is 4.14. The molecule has 0 spiro atoms. The summed E-state index contributed by atoms with van der Waals surface area (Å²) in [6.07, 6.45) is 54.0. The lowest BCUT2D eigenvalue weighted by Crippen LogP contribution is -2.30. The van der Waals surface area contributed by atoms with Crippen molar-refractivity contribution in [2.45, 2.75) is 323 Å². The minimum Gasteiger partial charge on any atom is -0.462 e. The Morgan fingerprint density at radius 3 is 0.790 bits per heavy atom. The molecule has 0 aliphatic heterocycles. The van der Waals surface area contributed by atoms with E-state index < -0.39 is 6.10 Å². The van der Waals surface area contributed by atoms with Crippen LogP contribution in [0.5, 0.6) is 0 Å². The third-order valence-electron chi connectivity index (χ3n) is 12.8. The fourth-order valence-electron chi connectivity index (χ4n) is 8.57. The first-order valence-corrected chi connectivity index (χ1v) is 27.9. The van der Waals surface area contributed by atoms with Gasteiger partial charge in [-0.1, -0.05) is 278 Å². The van der Waals surface area contributed by atoms with Gasteiger partial charge in [-0.2, -0.15) is 0 Å². The van der Waals surface area contributed by atoms with E-state index in [0.29, 0.717) is 19.3 Å². The highest BCUT2D eigenvalue weighted by Crippen LogP contribution is 2.18. The minimum atomic E-state index is -0.760. The van der Waals surface area contributed by atoms with Crippen molar-refractivity contribution >= 4 is 17.9 Å². The van der Waals surface area contributed by atoms with Gasteiger partial charge in [0.1, 0.15) is 13.2 Å². The number of hydrogen-bond acceptors (Lipinski definition) is 6. The molecule has 0 saturated carbocycles. The zero-order valence-electron chi connectivity index (χ0n) is 42.3. The second-order valence-electron chi connectivity index (χ2n) is 19.7. The summed E-state index contributed by atoms with van der Waals surface area (Å²) in [6.45, 7) is 9.02. The van der Waals surface area contributed by atoms with Crippen molar-refractivity contribution in [1.82, 2.24) is 0 Å². The SMILES string of the molecule is CCCCCCCCCCCCCCCCCCCCCC(=O)OC[C@@H](COC(=O)CCCCCCCCC)OC(=O)CCCCCCCCCCCCCCCCCC(C)C. The van der Waals surface area contributed by atoms with Crippen LogP contribution in [-0.2, 0) is 28.6 Å². The van der Waals surface area contributed by atoms with E-state index in [9.17, 15) is 14.4 Å². The molecule has 1 atom stereocenters. The molecule has 0 unspecified atom stereocenters. The van der Waals surface area contributed by atoms with Crippen LogP contribution in [0.25, 0.3) is 0 Å². The summed E-state index contributed by atoms with van der Waals surface area (Å²) in [5.41, 5.74) is 0. The highest BCUT2D eigenvalue weighted by atomic mass is 16.6. The molecule has 62 heavy (non-hydrogen) atoms. The number of esters is 3. The molecule has 0 rings (SSSR count). The lowest BCUT2D eigenvalue weighted by molar-refractivity contribution is -0.167. The van der Waals surface area contributed by atoms with Gasteiger partial charge in [0.15, 0.2) is 6.10 Å². The fraction of sp³-hybridized carbons (Fsp3) is 0.946. The summed E-state index contributed by atoms with van der Waals surface area (Å²) in [6, 6.07) is 0. The van der Waals surface area contributed by atoms with Gasteiger partial charge in [-0.05, 0) is 25.2 Å². The van der Waals surface area contributed by atoms with Gasteiger partial charge < -0.3 is 14.2 Å². The van der Waals surface area contributed by atoms with Gasteiger partial charge >= 0.3 is 17.9 Å². The number of carbonyl (C=O) groups excluding carboxylic acids is 3. The molecule has 0 aliphatic carbocycles. The van der Waals surface area contributed by atoms with Gasteiger partial charge in [0.2, 0.25) is 0 Å². The van der Waals surface area contributed by atoms with Crippen LogP contribution in [0.3, 0.4) is 0 Å². The zero-order valence-corrected chi connectivity index (χ0v) is 42.3. The lowest BCUT2D eigenvalue weighted by atomic mass is 10.0. The summed E-state index contributed by atoms with van der Waals surface area (Å²) in [5.74, 6) is 0.00160. The van der Waals surface area contributed by atoms with Crippen molar-refractivity contribution in [2.75, 3.05) is 13.2 Å². The van der Waals surface area contributed by atoms with Crippen molar-refractivity contribution in [3.8, 4) is 0 Å². The Hall–Kier alpha value is -1.59. The van der Waals surface area contributed by atoms with E-state index in [1.807, 2.05) is 0 Å². The molecule has 0 saturated heterocycles. The molecule has 0 radical (unpaired) electrons. The van der Waals surface area contributed by atoms with Crippen molar-refractivity contribution < 1.29 is 28.6 Å². The quantitative estimate of drug-likeness (QED) is 0.0344. The van der Waals surface area contributed by atoms with E-state index in [4.69, 9.17) is 14.2 Å². The van der Waals surface area contributed by atoms with Gasteiger partial charge in [-0.15, -0.1) is 0 Å². The molecule has 0 aromatic carbocycles. The lowest BCUT2D eigenvalue weighted by Gasteiger charge is -2.18. The van der Waals surface area contributed by atoms with E-state index in [-0.39, 0.29) is 31.1 Å². The van der Waals surface area contributed by atoms with Crippen molar-refractivity contribution in [3.05, 3.63) is 0 Å². The summed E-state index contributed by atoms with van der Waals surface area (Å²) in [7, 11) is 0.